The maximum Gasteiger partial charge on any atom is 0.262 e. The summed E-state index contributed by atoms with van der Waals surface area (Å²) in [5.41, 5.74) is 2.43. The number of anilines is 1. The van der Waals surface area contributed by atoms with Gasteiger partial charge in [-0.3, -0.25) is 4.72 Å². The number of nitrogens with one attached hydrogen (secondary N) is 1. The van der Waals surface area contributed by atoms with Crippen LogP contribution in [0.4, 0.5) is 5.69 Å². The number of rotatable bonds is 4. The third-order valence-electron chi connectivity index (χ3n) is 3.45. The van der Waals surface area contributed by atoms with Gasteiger partial charge in [-0.25, -0.2) is 13.4 Å². The normalized spacial score (nSPS) is 11.3. The first kappa shape index (κ1) is 16.6. The van der Waals surface area contributed by atoms with Crippen molar-refractivity contribution in [3.63, 3.8) is 0 Å². The molecule has 0 bridgehead atoms. The molecule has 2 rings (SSSR count). The summed E-state index contributed by atoms with van der Waals surface area (Å²) in [5.74, 6) is 0.669. The van der Waals surface area contributed by atoms with Crippen molar-refractivity contribution in [1.29, 1.82) is 0 Å². The van der Waals surface area contributed by atoms with Crippen molar-refractivity contribution in [2.75, 3.05) is 11.8 Å². The molecule has 0 aliphatic heterocycles. The van der Waals surface area contributed by atoms with Gasteiger partial charge in [0.15, 0.2) is 0 Å². The summed E-state index contributed by atoms with van der Waals surface area (Å²) >= 11 is 5.70. The second kappa shape index (κ2) is 6.14. The maximum absolute atomic E-state index is 12.7. The Morgan fingerprint density at radius 1 is 1.18 bits per heavy atom. The number of hydrogen-bond donors (Lipinski definition) is 1. The highest BCUT2D eigenvalue weighted by Crippen LogP contribution is 2.31. The van der Waals surface area contributed by atoms with Gasteiger partial charge in [0.25, 0.3) is 10.0 Å². The van der Waals surface area contributed by atoms with Gasteiger partial charge >= 0.3 is 0 Å². The standard InChI is InChI=1S/C15H17ClN2O3S/c1-9-7-13(21-4)10(2)11(3)15(9)22(19,20)18-12-5-6-14(16)17-8-12/h5-8,18H,1-4H3. The summed E-state index contributed by atoms with van der Waals surface area (Å²) in [4.78, 5) is 4.12. The first-order valence-corrected chi connectivity index (χ1v) is 8.41. The number of ether oxygens (including phenoxy) is 1. The molecule has 0 saturated heterocycles. The van der Waals surface area contributed by atoms with Gasteiger partial charge in [-0.15, -0.1) is 0 Å². The molecule has 0 amide bonds. The highest BCUT2D eigenvalue weighted by atomic mass is 35.5. The van der Waals surface area contributed by atoms with Crippen LogP contribution >= 0.6 is 11.6 Å². The molecular weight excluding hydrogens is 324 g/mol. The zero-order valence-electron chi connectivity index (χ0n) is 12.8. The number of sulfonamides is 1. The molecule has 1 heterocycles. The van der Waals surface area contributed by atoms with E-state index < -0.39 is 10.0 Å². The number of pyridine rings is 1. The summed E-state index contributed by atoms with van der Waals surface area (Å²) in [6, 6.07) is 4.81. The summed E-state index contributed by atoms with van der Waals surface area (Å²) in [5, 5.41) is 0.301. The maximum atomic E-state index is 12.7. The first-order valence-electron chi connectivity index (χ1n) is 6.55. The third kappa shape index (κ3) is 3.18. The third-order valence-corrected chi connectivity index (χ3v) is 5.34. The second-order valence-electron chi connectivity index (χ2n) is 4.95. The molecule has 1 aromatic heterocycles. The molecule has 118 valence electrons. The lowest BCUT2D eigenvalue weighted by molar-refractivity contribution is 0.410. The first-order chi connectivity index (χ1) is 10.3. The fourth-order valence-electron chi connectivity index (χ4n) is 2.29. The molecule has 1 aromatic carbocycles. The fourth-order valence-corrected chi connectivity index (χ4v) is 3.97. The van der Waals surface area contributed by atoms with E-state index in [0.29, 0.717) is 27.7 Å². The van der Waals surface area contributed by atoms with Crippen LogP contribution in [-0.4, -0.2) is 20.5 Å². The van der Waals surface area contributed by atoms with Crippen molar-refractivity contribution in [3.05, 3.63) is 46.2 Å². The summed E-state index contributed by atoms with van der Waals surface area (Å²) in [6.45, 7) is 5.33. The van der Waals surface area contributed by atoms with Gasteiger partial charge in [-0.05, 0) is 55.7 Å². The highest BCUT2D eigenvalue weighted by Gasteiger charge is 2.22. The van der Waals surface area contributed by atoms with E-state index in [9.17, 15) is 8.42 Å². The van der Waals surface area contributed by atoms with Crippen LogP contribution in [0.2, 0.25) is 5.15 Å². The van der Waals surface area contributed by atoms with Crippen LogP contribution in [0.5, 0.6) is 5.75 Å². The van der Waals surface area contributed by atoms with E-state index in [-0.39, 0.29) is 4.90 Å². The van der Waals surface area contributed by atoms with Crippen molar-refractivity contribution in [1.82, 2.24) is 4.98 Å². The van der Waals surface area contributed by atoms with E-state index in [4.69, 9.17) is 16.3 Å². The predicted octanol–water partition coefficient (Wildman–Crippen LogP) is 3.47. The molecule has 0 spiro atoms. The van der Waals surface area contributed by atoms with Gasteiger partial charge in [0.1, 0.15) is 10.9 Å². The molecule has 7 heteroatoms. The van der Waals surface area contributed by atoms with Gasteiger partial charge in [-0.2, -0.15) is 0 Å². The topological polar surface area (TPSA) is 68.3 Å². The van der Waals surface area contributed by atoms with Crippen molar-refractivity contribution < 1.29 is 13.2 Å². The van der Waals surface area contributed by atoms with E-state index in [1.165, 1.54) is 12.3 Å². The number of aromatic nitrogens is 1. The summed E-state index contributed by atoms with van der Waals surface area (Å²) in [7, 11) is -2.16. The SMILES string of the molecule is COc1cc(C)c(S(=O)(=O)Nc2ccc(Cl)nc2)c(C)c1C. The average molecular weight is 341 g/mol. The molecular formula is C15H17ClN2O3S. The van der Waals surface area contributed by atoms with E-state index in [0.717, 1.165) is 5.56 Å². The second-order valence-corrected chi connectivity index (χ2v) is 6.96. The van der Waals surface area contributed by atoms with Crippen LogP contribution in [0.15, 0.2) is 29.3 Å². The number of aryl methyl sites for hydroxylation is 1. The number of nitrogens with zero attached hydrogens (tertiary/aromatic N) is 1. The van der Waals surface area contributed by atoms with Gasteiger partial charge in [0.2, 0.25) is 0 Å². The molecule has 0 aliphatic rings. The van der Waals surface area contributed by atoms with E-state index in [1.807, 2.05) is 6.92 Å². The average Bonchev–Trinajstić information content (AvgIpc) is 2.45. The van der Waals surface area contributed by atoms with Crippen LogP contribution < -0.4 is 9.46 Å². The smallest absolute Gasteiger partial charge is 0.262 e. The monoisotopic (exact) mass is 340 g/mol. The quantitative estimate of drug-likeness (QED) is 0.865. The van der Waals surface area contributed by atoms with Crippen molar-refractivity contribution in [3.8, 4) is 5.75 Å². The Kier molecular flexibility index (Phi) is 4.63. The van der Waals surface area contributed by atoms with Crippen molar-refractivity contribution in [2.24, 2.45) is 0 Å². The molecule has 22 heavy (non-hydrogen) atoms. The Labute approximate surface area is 135 Å². The number of halogens is 1. The zero-order chi connectivity index (χ0) is 16.5. The van der Waals surface area contributed by atoms with Crippen molar-refractivity contribution in [2.45, 2.75) is 25.7 Å². The van der Waals surface area contributed by atoms with Crippen LogP contribution in [-0.2, 0) is 10.0 Å². The Hall–Kier alpha value is -1.79. The lowest BCUT2D eigenvalue weighted by Crippen LogP contribution is -2.16. The summed E-state index contributed by atoms with van der Waals surface area (Å²) in [6.07, 6.45) is 1.38. The van der Waals surface area contributed by atoms with Crippen LogP contribution in [0.1, 0.15) is 16.7 Å². The molecule has 0 atom stereocenters. The van der Waals surface area contributed by atoms with Gasteiger partial charge in [0, 0.05) is 0 Å². The number of methoxy groups -OCH3 is 1. The Morgan fingerprint density at radius 3 is 2.41 bits per heavy atom. The minimum absolute atomic E-state index is 0.251. The van der Waals surface area contributed by atoms with Gasteiger partial charge in [0.05, 0.1) is 23.9 Å². The van der Waals surface area contributed by atoms with Gasteiger partial charge in [-0.1, -0.05) is 11.6 Å². The molecule has 0 saturated carbocycles. The molecule has 0 radical (unpaired) electrons. The number of hydrogen-bond acceptors (Lipinski definition) is 4. The van der Waals surface area contributed by atoms with E-state index >= 15 is 0 Å². The molecule has 0 aliphatic carbocycles. The van der Waals surface area contributed by atoms with Crippen LogP contribution in [0.25, 0.3) is 0 Å². The largest absolute Gasteiger partial charge is 0.496 e. The Bertz CT molecular complexity index is 803. The van der Waals surface area contributed by atoms with Crippen molar-refractivity contribution >= 4 is 27.3 Å². The predicted molar refractivity (Wildman–Crippen MR) is 87.3 cm³/mol. The lowest BCUT2D eigenvalue weighted by Gasteiger charge is -2.17. The molecule has 0 unspecified atom stereocenters. The lowest BCUT2D eigenvalue weighted by atomic mass is 10.1. The van der Waals surface area contributed by atoms with E-state index in [2.05, 4.69) is 9.71 Å². The zero-order valence-corrected chi connectivity index (χ0v) is 14.3. The number of benzene rings is 1. The highest BCUT2D eigenvalue weighted by molar-refractivity contribution is 7.92. The molecule has 5 nitrogen and oxygen atoms in total. The molecule has 2 aromatic rings. The molecule has 0 fully saturated rings. The van der Waals surface area contributed by atoms with E-state index in [1.54, 1.807) is 33.1 Å². The van der Waals surface area contributed by atoms with Crippen LogP contribution in [0.3, 0.4) is 0 Å². The minimum Gasteiger partial charge on any atom is -0.496 e. The minimum atomic E-state index is -3.72. The Balaban J connectivity index is 2.50. The van der Waals surface area contributed by atoms with Crippen LogP contribution in [0, 0.1) is 20.8 Å². The Morgan fingerprint density at radius 2 is 1.86 bits per heavy atom. The molecule has 1 N–H and O–H groups in total. The summed E-state index contributed by atoms with van der Waals surface area (Å²) < 4.78 is 33.1. The fraction of sp³-hybridized carbons (Fsp3) is 0.267. The van der Waals surface area contributed by atoms with Gasteiger partial charge < -0.3 is 4.74 Å².